The van der Waals surface area contributed by atoms with Crippen LogP contribution in [0.1, 0.15) is 30.4 Å². The molecule has 1 saturated carbocycles. The maximum Gasteiger partial charge on any atom is 0.0476 e. The molecule has 2 rings (SSSR count). The molecule has 16 heavy (non-hydrogen) atoms. The topological polar surface area (TPSA) is 3.24 Å². The summed E-state index contributed by atoms with van der Waals surface area (Å²) in [5, 5.41) is 0. The monoisotopic (exact) mass is 237 g/mol. The summed E-state index contributed by atoms with van der Waals surface area (Å²) < 4.78 is 0. The van der Waals surface area contributed by atoms with Gasteiger partial charge in [0.1, 0.15) is 0 Å². The number of hydrogen-bond donors (Lipinski definition) is 0. The Balaban J connectivity index is 2.04. The molecule has 0 aromatic heterocycles. The summed E-state index contributed by atoms with van der Waals surface area (Å²) in [7, 11) is 2.19. The van der Waals surface area contributed by atoms with Crippen LogP contribution in [0.25, 0.3) is 0 Å². The molecule has 0 aliphatic heterocycles. The van der Waals surface area contributed by atoms with Crippen molar-refractivity contribution < 1.29 is 0 Å². The number of aryl methyl sites for hydroxylation is 1. The average Bonchev–Trinajstić information content (AvgIpc) is 2.23. The summed E-state index contributed by atoms with van der Waals surface area (Å²) in [5.41, 5.74) is 3.86. The van der Waals surface area contributed by atoms with Gasteiger partial charge in [-0.15, -0.1) is 11.6 Å². The Morgan fingerprint density at radius 2 is 2.12 bits per heavy atom. The Morgan fingerprint density at radius 1 is 1.38 bits per heavy atom. The van der Waals surface area contributed by atoms with Crippen molar-refractivity contribution in [1.29, 1.82) is 0 Å². The molecule has 1 aliphatic carbocycles. The number of nitrogens with zero attached hydrogens (tertiary/aromatic N) is 1. The highest BCUT2D eigenvalue weighted by molar-refractivity contribution is 6.17. The summed E-state index contributed by atoms with van der Waals surface area (Å²) in [6, 6.07) is 6.58. The molecule has 88 valence electrons. The smallest absolute Gasteiger partial charge is 0.0476 e. The molecular formula is C14H20ClN. The predicted molar refractivity (Wildman–Crippen MR) is 71.3 cm³/mol. The van der Waals surface area contributed by atoms with Crippen molar-refractivity contribution in [3.63, 3.8) is 0 Å². The van der Waals surface area contributed by atoms with E-state index in [9.17, 15) is 0 Å². The summed E-state index contributed by atoms with van der Waals surface area (Å²) >= 11 is 5.87. The molecule has 0 bridgehead atoms. The molecule has 1 aromatic rings. The molecule has 0 atom stereocenters. The van der Waals surface area contributed by atoms with Crippen molar-refractivity contribution >= 4 is 17.3 Å². The van der Waals surface area contributed by atoms with Gasteiger partial charge >= 0.3 is 0 Å². The number of benzene rings is 1. The minimum Gasteiger partial charge on any atom is -0.374 e. The number of hydrogen-bond acceptors (Lipinski definition) is 1. The number of alkyl halides is 1. The van der Waals surface area contributed by atoms with Crippen molar-refractivity contribution in [3.05, 3.63) is 29.3 Å². The van der Waals surface area contributed by atoms with Gasteiger partial charge in [-0.2, -0.15) is 0 Å². The zero-order valence-corrected chi connectivity index (χ0v) is 10.9. The van der Waals surface area contributed by atoms with E-state index in [1.54, 1.807) is 0 Å². The molecule has 1 aromatic carbocycles. The zero-order valence-electron chi connectivity index (χ0n) is 10.2. The van der Waals surface area contributed by atoms with Crippen molar-refractivity contribution in [1.82, 2.24) is 0 Å². The van der Waals surface area contributed by atoms with Crippen molar-refractivity contribution in [3.8, 4) is 0 Å². The van der Waals surface area contributed by atoms with E-state index in [1.165, 1.54) is 42.6 Å². The van der Waals surface area contributed by atoms with Gasteiger partial charge in [-0.05, 0) is 48.9 Å². The molecule has 1 nitrogen and oxygen atoms in total. The lowest BCUT2D eigenvalue weighted by Crippen LogP contribution is -2.29. The van der Waals surface area contributed by atoms with E-state index in [-0.39, 0.29) is 0 Å². The third-order valence-electron chi connectivity index (χ3n) is 3.67. The van der Waals surface area contributed by atoms with Gasteiger partial charge in [0.05, 0.1) is 0 Å². The largest absolute Gasteiger partial charge is 0.374 e. The standard InChI is InChI=1S/C14H20ClN/c1-11-8-14(7-6-13(11)9-15)16(2)10-12-4-3-5-12/h6-8,12H,3-5,9-10H2,1-2H3. The van der Waals surface area contributed by atoms with E-state index >= 15 is 0 Å². The Hall–Kier alpha value is -0.690. The second kappa shape index (κ2) is 5.09. The first-order chi connectivity index (χ1) is 7.70. The summed E-state index contributed by atoms with van der Waals surface area (Å²) in [6.07, 6.45) is 4.23. The maximum atomic E-state index is 5.87. The van der Waals surface area contributed by atoms with Gasteiger partial charge in [-0.25, -0.2) is 0 Å². The number of halogens is 1. The SMILES string of the molecule is Cc1cc(N(C)CC2CCC2)ccc1CCl. The Kier molecular flexibility index (Phi) is 3.75. The molecular weight excluding hydrogens is 218 g/mol. The van der Waals surface area contributed by atoms with Gasteiger partial charge < -0.3 is 4.90 Å². The maximum absolute atomic E-state index is 5.87. The first-order valence-corrected chi connectivity index (χ1v) is 6.61. The quantitative estimate of drug-likeness (QED) is 0.717. The predicted octanol–water partition coefficient (Wildman–Crippen LogP) is 3.97. The van der Waals surface area contributed by atoms with Crippen LogP contribution in [0.5, 0.6) is 0 Å². The van der Waals surface area contributed by atoms with Gasteiger partial charge in [0.2, 0.25) is 0 Å². The van der Waals surface area contributed by atoms with Gasteiger partial charge in [-0.1, -0.05) is 12.5 Å². The van der Waals surface area contributed by atoms with Crippen LogP contribution in [0.3, 0.4) is 0 Å². The molecule has 0 unspecified atom stereocenters. The van der Waals surface area contributed by atoms with E-state index in [2.05, 4.69) is 37.1 Å². The number of anilines is 1. The third kappa shape index (κ3) is 2.52. The van der Waals surface area contributed by atoms with Crippen LogP contribution in [-0.2, 0) is 5.88 Å². The molecule has 0 saturated heterocycles. The first kappa shape index (κ1) is 11.8. The second-order valence-corrected chi connectivity index (χ2v) is 5.19. The lowest BCUT2D eigenvalue weighted by atomic mass is 9.85. The zero-order chi connectivity index (χ0) is 11.5. The fourth-order valence-corrected chi connectivity index (χ4v) is 2.54. The van der Waals surface area contributed by atoms with Crippen molar-refractivity contribution in [2.24, 2.45) is 5.92 Å². The number of rotatable bonds is 4. The lowest BCUT2D eigenvalue weighted by Gasteiger charge is -2.31. The van der Waals surface area contributed by atoms with Gasteiger partial charge in [0, 0.05) is 25.2 Å². The summed E-state index contributed by atoms with van der Waals surface area (Å²) in [6.45, 7) is 3.33. The van der Waals surface area contributed by atoms with Crippen LogP contribution >= 0.6 is 11.6 Å². The summed E-state index contributed by atoms with van der Waals surface area (Å²) in [5.74, 6) is 1.52. The van der Waals surface area contributed by atoms with Crippen LogP contribution in [0, 0.1) is 12.8 Å². The minimum atomic E-state index is 0.610. The van der Waals surface area contributed by atoms with E-state index in [0.29, 0.717) is 5.88 Å². The van der Waals surface area contributed by atoms with E-state index in [1.807, 2.05) is 0 Å². The van der Waals surface area contributed by atoms with Gasteiger partial charge in [-0.3, -0.25) is 0 Å². The highest BCUT2D eigenvalue weighted by atomic mass is 35.5. The molecule has 2 heteroatoms. The summed E-state index contributed by atoms with van der Waals surface area (Å²) in [4.78, 5) is 2.37. The van der Waals surface area contributed by atoms with E-state index < -0.39 is 0 Å². The van der Waals surface area contributed by atoms with Gasteiger partial charge in [0.25, 0.3) is 0 Å². The van der Waals surface area contributed by atoms with E-state index in [4.69, 9.17) is 11.6 Å². The van der Waals surface area contributed by atoms with Crippen LogP contribution in [-0.4, -0.2) is 13.6 Å². The highest BCUT2D eigenvalue weighted by Gasteiger charge is 2.19. The molecule has 0 radical (unpaired) electrons. The van der Waals surface area contributed by atoms with Gasteiger partial charge in [0.15, 0.2) is 0 Å². The Labute approximate surface area is 103 Å². The van der Waals surface area contributed by atoms with E-state index in [0.717, 1.165) is 5.92 Å². The third-order valence-corrected chi connectivity index (χ3v) is 3.96. The Morgan fingerprint density at radius 3 is 2.62 bits per heavy atom. The normalized spacial score (nSPS) is 15.9. The second-order valence-electron chi connectivity index (χ2n) is 4.92. The first-order valence-electron chi connectivity index (χ1n) is 6.07. The molecule has 0 spiro atoms. The lowest BCUT2D eigenvalue weighted by molar-refractivity contribution is 0.321. The highest BCUT2D eigenvalue weighted by Crippen LogP contribution is 2.29. The molecule has 0 amide bonds. The molecule has 0 N–H and O–H groups in total. The van der Waals surface area contributed by atoms with Crippen LogP contribution in [0.4, 0.5) is 5.69 Å². The van der Waals surface area contributed by atoms with Crippen LogP contribution in [0.2, 0.25) is 0 Å². The van der Waals surface area contributed by atoms with Crippen LogP contribution in [0.15, 0.2) is 18.2 Å². The minimum absolute atomic E-state index is 0.610. The molecule has 1 fully saturated rings. The fraction of sp³-hybridized carbons (Fsp3) is 0.571. The van der Waals surface area contributed by atoms with Crippen molar-refractivity contribution in [2.45, 2.75) is 32.1 Å². The molecule has 0 heterocycles. The van der Waals surface area contributed by atoms with Crippen LogP contribution < -0.4 is 4.90 Å². The Bertz CT molecular complexity index is 358. The fourth-order valence-electron chi connectivity index (χ4n) is 2.24. The average molecular weight is 238 g/mol. The molecule has 1 aliphatic rings. The van der Waals surface area contributed by atoms with Crippen molar-refractivity contribution in [2.75, 3.05) is 18.5 Å².